The predicted molar refractivity (Wildman–Crippen MR) is 112 cm³/mol. The van der Waals surface area contributed by atoms with E-state index in [1.54, 1.807) is 48.1 Å². The maximum atomic E-state index is 13.6. The van der Waals surface area contributed by atoms with E-state index in [0.29, 0.717) is 23.5 Å². The van der Waals surface area contributed by atoms with E-state index < -0.39 is 25.6 Å². The fourth-order valence-corrected chi connectivity index (χ4v) is 4.71. The third-order valence-corrected chi connectivity index (χ3v) is 7.06. The number of nitrogen functional groups attached to an aromatic ring is 1. The number of nitrogens with zero attached hydrogens (tertiary/aromatic N) is 5. The van der Waals surface area contributed by atoms with Crippen molar-refractivity contribution >= 4 is 30.5 Å². The van der Waals surface area contributed by atoms with Gasteiger partial charge < -0.3 is 29.5 Å². The van der Waals surface area contributed by atoms with E-state index in [1.165, 1.54) is 20.3 Å². The Morgan fingerprint density at radius 2 is 1.97 bits per heavy atom. The van der Waals surface area contributed by atoms with Gasteiger partial charge in [-0.25, -0.2) is 19.6 Å². The molecule has 31 heavy (non-hydrogen) atoms. The lowest BCUT2D eigenvalue weighted by Gasteiger charge is -2.33. The highest BCUT2D eigenvalue weighted by molar-refractivity contribution is 7.56. The van der Waals surface area contributed by atoms with E-state index >= 15 is 0 Å². The Bertz CT molecular complexity index is 1090. The molecule has 166 valence electrons. The van der Waals surface area contributed by atoms with Gasteiger partial charge in [-0.3, -0.25) is 4.57 Å². The molecule has 0 unspecified atom stereocenters. The van der Waals surface area contributed by atoms with E-state index in [1.807, 2.05) is 0 Å². The molecule has 3 rings (SSSR count). The molecule has 0 aliphatic rings. The number of aromatic nitrogens is 4. The summed E-state index contributed by atoms with van der Waals surface area (Å²) in [5.74, 6) is -0.752. The van der Waals surface area contributed by atoms with Crippen molar-refractivity contribution in [2.24, 2.45) is 0 Å². The van der Waals surface area contributed by atoms with Crippen molar-refractivity contribution in [1.29, 1.82) is 0 Å². The first-order chi connectivity index (χ1) is 14.7. The maximum absolute atomic E-state index is 13.6. The fourth-order valence-electron chi connectivity index (χ4n) is 2.83. The van der Waals surface area contributed by atoms with Crippen molar-refractivity contribution in [2.45, 2.75) is 32.5 Å². The van der Waals surface area contributed by atoms with Crippen LogP contribution in [0.3, 0.4) is 0 Å². The van der Waals surface area contributed by atoms with Crippen molar-refractivity contribution in [3.63, 3.8) is 0 Å². The first-order valence-corrected chi connectivity index (χ1v) is 11.3. The van der Waals surface area contributed by atoms with Gasteiger partial charge in [0.05, 0.1) is 31.0 Å². The zero-order chi connectivity index (χ0) is 22.6. The minimum absolute atomic E-state index is 0.274. The van der Waals surface area contributed by atoms with Gasteiger partial charge in [-0.05, 0) is 33.0 Å². The standard InChI is InChI=1S/C19H25N6O5P/c1-13(9-25-11-23-16-17(20)21-10-22-18(16)25)29-12-31(28,24(3)14(2)19(26)27)30-15-7-5-4-6-8-15/h4-8,10-11,13-14H,9,12H2,1-3H3,(H,26,27)(H2,20,21,22)/p-1/t13-,14+,31+/m1/s1. The maximum Gasteiger partial charge on any atom is 0.344 e. The molecule has 0 bridgehead atoms. The number of fused-ring (bicyclic) bond motifs is 1. The molecule has 12 heteroatoms. The van der Waals surface area contributed by atoms with E-state index in [-0.39, 0.29) is 12.2 Å². The summed E-state index contributed by atoms with van der Waals surface area (Å²) in [5, 5.41) is 11.3. The average molecular weight is 447 g/mol. The molecule has 2 heterocycles. The molecule has 3 aromatic rings. The number of carboxylic acid groups (broad SMARTS) is 1. The Balaban J connectivity index is 1.75. The van der Waals surface area contributed by atoms with Crippen molar-refractivity contribution < 1.29 is 23.7 Å². The topological polar surface area (TPSA) is 149 Å². The number of ether oxygens (including phenoxy) is 1. The van der Waals surface area contributed by atoms with Crippen LogP contribution in [0.5, 0.6) is 5.75 Å². The van der Waals surface area contributed by atoms with Crippen LogP contribution in [-0.4, -0.2) is 55.7 Å². The number of likely N-dealkylation sites (N-methyl/N-ethyl adjacent to an activating group) is 1. The van der Waals surface area contributed by atoms with Crippen molar-refractivity contribution in [3.8, 4) is 5.75 Å². The first-order valence-electron chi connectivity index (χ1n) is 9.52. The van der Waals surface area contributed by atoms with Gasteiger partial charge in [0.15, 0.2) is 11.5 Å². The normalized spacial score (nSPS) is 15.5. The molecule has 1 aromatic carbocycles. The highest BCUT2D eigenvalue weighted by atomic mass is 31.2. The van der Waals surface area contributed by atoms with Gasteiger partial charge in [0.1, 0.15) is 23.9 Å². The number of para-hydroxylation sites is 1. The zero-order valence-electron chi connectivity index (χ0n) is 17.4. The highest BCUT2D eigenvalue weighted by Gasteiger charge is 2.35. The molecule has 0 amide bonds. The number of hydrogen-bond acceptors (Lipinski definition) is 9. The Labute approximate surface area is 179 Å². The summed E-state index contributed by atoms with van der Waals surface area (Å²) < 4.78 is 28.0. The first kappa shape index (κ1) is 22.7. The summed E-state index contributed by atoms with van der Waals surface area (Å²) in [7, 11) is -2.32. The molecule has 0 radical (unpaired) electrons. The molecule has 0 spiro atoms. The largest absolute Gasteiger partial charge is 0.548 e. The van der Waals surface area contributed by atoms with Crippen molar-refractivity contribution in [1.82, 2.24) is 24.2 Å². The molecule has 0 saturated heterocycles. The quantitative estimate of drug-likeness (QED) is 0.448. The number of aliphatic carboxylic acids is 1. The number of anilines is 1. The molecule has 11 nitrogen and oxygen atoms in total. The van der Waals surface area contributed by atoms with Crippen LogP contribution in [0.4, 0.5) is 5.82 Å². The van der Waals surface area contributed by atoms with Crippen LogP contribution in [-0.2, 0) is 20.6 Å². The molecule has 0 aliphatic heterocycles. The lowest BCUT2D eigenvalue weighted by atomic mass is 10.3. The number of rotatable bonds is 10. The SMILES string of the molecule is C[C@H](Cn1cnc2c(N)ncnc21)OC[P@](=O)(Oc1ccccc1)N(C)[C@@H](C)C(=O)[O-]. The average Bonchev–Trinajstić information content (AvgIpc) is 3.16. The predicted octanol–water partition coefficient (Wildman–Crippen LogP) is 1.11. The highest BCUT2D eigenvalue weighted by Crippen LogP contribution is 2.51. The summed E-state index contributed by atoms with van der Waals surface area (Å²) >= 11 is 0. The molecule has 0 aliphatic carbocycles. The van der Waals surface area contributed by atoms with Gasteiger partial charge in [-0.2, -0.15) is 0 Å². The second-order valence-corrected chi connectivity index (χ2v) is 9.39. The van der Waals surface area contributed by atoms with Crippen LogP contribution in [0.25, 0.3) is 11.2 Å². The zero-order valence-corrected chi connectivity index (χ0v) is 18.3. The number of benzene rings is 1. The number of carbonyl (C=O) groups is 1. The smallest absolute Gasteiger partial charge is 0.344 e. The molecule has 2 aromatic heterocycles. The van der Waals surface area contributed by atoms with Crippen molar-refractivity contribution in [2.75, 3.05) is 19.1 Å². The van der Waals surface area contributed by atoms with Gasteiger partial charge >= 0.3 is 7.52 Å². The number of imidazole rings is 1. The minimum atomic E-state index is -3.72. The third kappa shape index (κ3) is 5.19. The monoisotopic (exact) mass is 447 g/mol. The van der Waals surface area contributed by atoms with E-state index in [0.717, 1.165) is 4.67 Å². The number of carbonyl (C=O) groups excluding carboxylic acids is 1. The fraction of sp³-hybridized carbons (Fsp3) is 0.368. The van der Waals surface area contributed by atoms with Gasteiger partial charge in [0.25, 0.3) is 0 Å². The third-order valence-electron chi connectivity index (χ3n) is 4.78. The minimum Gasteiger partial charge on any atom is -0.548 e. The molecular weight excluding hydrogens is 423 g/mol. The van der Waals surface area contributed by atoms with Crippen LogP contribution >= 0.6 is 7.52 Å². The number of carboxylic acids is 1. The van der Waals surface area contributed by atoms with E-state index in [2.05, 4.69) is 15.0 Å². The molecule has 3 atom stereocenters. The molecular formula is C19H24N6O5P-. The molecule has 0 saturated carbocycles. The number of nitrogens with two attached hydrogens (primary N) is 1. The molecule has 2 N–H and O–H groups in total. The second-order valence-electron chi connectivity index (χ2n) is 7.04. The van der Waals surface area contributed by atoms with E-state index in [4.69, 9.17) is 15.0 Å². The lowest BCUT2D eigenvalue weighted by molar-refractivity contribution is -0.309. The Hall–Kier alpha value is -3.01. The van der Waals surface area contributed by atoms with Gasteiger partial charge in [-0.1, -0.05) is 18.2 Å². The summed E-state index contributed by atoms with van der Waals surface area (Å²) in [6.45, 7) is 3.50. The Morgan fingerprint density at radius 3 is 2.65 bits per heavy atom. The van der Waals surface area contributed by atoms with Crippen LogP contribution in [0.15, 0.2) is 43.0 Å². The van der Waals surface area contributed by atoms with E-state index in [9.17, 15) is 14.5 Å². The molecule has 0 fully saturated rings. The Morgan fingerprint density at radius 1 is 1.26 bits per heavy atom. The van der Waals surface area contributed by atoms with Gasteiger partial charge in [-0.15, -0.1) is 0 Å². The van der Waals surface area contributed by atoms with Crippen LogP contribution in [0.2, 0.25) is 0 Å². The second kappa shape index (κ2) is 9.42. The number of hydrogen-bond donors (Lipinski definition) is 1. The summed E-state index contributed by atoms with van der Waals surface area (Å²) in [6.07, 6.45) is 2.16. The summed E-state index contributed by atoms with van der Waals surface area (Å²) in [5.41, 5.74) is 6.84. The van der Waals surface area contributed by atoms with Crippen LogP contribution in [0.1, 0.15) is 13.8 Å². The van der Waals surface area contributed by atoms with Gasteiger partial charge in [0.2, 0.25) is 0 Å². The van der Waals surface area contributed by atoms with Crippen molar-refractivity contribution in [3.05, 3.63) is 43.0 Å². The summed E-state index contributed by atoms with van der Waals surface area (Å²) in [4.78, 5) is 23.6. The summed E-state index contributed by atoms with van der Waals surface area (Å²) in [6, 6.07) is 7.36. The Kier molecular flexibility index (Phi) is 6.89. The van der Waals surface area contributed by atoms with Crippen LogP contribution in [0, 0.1) is 0 Å². The van der Waals surface area contributed by atoms with Crippen LogP contribution < -0.4 is 15.4 Å². The van der Waals surface area contributed by atoms with Gasteiger partial charge in [0, 0.05) is 0 Å². The lowest BCUT2D eigenvalue weighted by Crippen LogP contribution is -2.44.